The highest BCUT2D eigenvalue weighted by molar-refractivity contribution is 5.93. The minimum atomic E-state index is -0.716. The van der Waals surface area contributed by atoms with Crippen LogP contribution in [0.2, 0.25) is 0 Å². The molecule has 10 heteroatoms. The van der Waals surface area contributed by atoms with E-state index in [1.807, 2.05) is 26.8 Å². The number of carbonyl (C=O) groups is 1. The van der Waals surface area contributed by atoms with Crippen molar-refractivity contribution in [3.63, 3.8) is 0 Å². The number of nitrogens with zero attached hydrogens (tertiary/aromatic N) is 6. The molecule has 0 saturated heterocycles. The molecule has 3 aromatic rings. The highest BCUT2D eigenvalue weighted by Gasteiger charge is 2.44. The first-order chi connectivity index (χ1) is 17.3. The Kier molecular flexibility index (Phi) is 5.05. The van der Waals surface area contributed by atoms with Crippen molar-refractivity contribution < 1.29 is 14.3 Å². The fourth-order valence-corrected chi connectivity index (χ4v) is 4.88. The van der Waals surface area contributed by atoms with Crippen LogP contribution in [-0.2, 0) is 16.7 Å². The molecule has 2 saturated carbocycles. The van der Waals surface area contributed by atoms with E-state index in [9.17, 15) is 10.3 Å². The van der Waals surface area contributed by atoms with Crippen LogP contribution in [0.1, 0.15) is 68.1 Å². The van der Waals surface area contributed by atoms with Crippen molar-refractivity contribution in [1.29, 1.82) is 0 Å². The maximum atomic E-state index is 12.3. The fraction of sp³-hybridized carbons (Fsp3) is 0.462. The molecule has 3 aliphatic rings. The van der Waals surface area contributed by atoms with Crippen molar-refractivity contribution >= 4 is 28.4 Å². The Hall–Kier alpha value is -3.91. The van der Waals surface area contributed by atoms with Crippen molar-refractivity contribution in [3.05, 3.63) is 57.9 Å². The average molecular weight is 486 g/mol. The second kappa shape index (κ2) is 8.06. The van der Waals surface area contributed by atoms with Gasteiger partial charge in [0.1, 0.15) is 23.3 Å². The first-order valence-electron chi connectivity index (χ1n) is 12.3. The maximum absolute atomic E-state index is 12.3. The van der Waals surface area contributed by atoms with E-state index in [4.69, 9.17) is 9.47 Å². The zero-order valence-electron chi connectivity index (χ0n) is 20.5. The fourth-order valence-electron chi connectivity index (χ4n) is 4.88. The van der Waals surface area contributed by atoms with Crippen LogP contribution < -0.4 is 10.1 Å². The third kappa shape index (κ3) is 4.07. The summed E-state index contributed by atoms with van der Waals surface area (Å²) in [6.07, 6.45) is 8.28. The maximum Gasteiger partial charge on any atom is 0.340 e. The lowest BCUT2D eigenvalue weighted by Gasteiger charge is -2.30. The summed E-state index contributed by atoms with van der Waals surface area (Å²) in [5, 5.41) is 9.17. The quantitative estimate of drug-likeness (QED) is 0.195. The number of aromatic nitrogens is 3. The molecule has 1 atom stereocenters. The second-order valence-corrected chi connectivity index (χ2v) is 10.7. The van der Waals surface area contributed by atoms with Crippen LogP contribution in [0.4, 0.5) is 11.6 Å². The van der Waals surface area contributed by atoms with Crippen LogP contribution in [-0.4, -0.2) is 32.6 Å². The van der Waals surface area contributed by atoms with Crippen LogP contribution in [0.5, 0.6) is 5.88 Å². The number of hydrogen-bond donors (Lipinski definition) is 1. The molecule has 1 N–H and O–H groups in total. The molecule has 2 fully saturated rings. The Bertz CT molecular complexity index is 1440. The van der Waals surface area contributed by atoms with Gasteiger partial charge in [0.05, 0.1) is 22.2 Å². The van der Waals surface area contributed by atoms with Crippen molar-refractivity contribution in [1.82, 2.24) is 15.0 Å². The van der Waals surface area contributed by atoms with Gasteiger partial charge in [0, 0.05) is 23.7 Å². The van der Waals surface area contributed by atoms with Crippen molar-refractivity contribution in [2.24, 2.45) is 11.0 Å². The zero-order chi connectivity index (χ0) is 25.1. The number of hydrogen-bond acceptors (Lipinski definition) is 8. The highest BCUT2D eigenvalue weighted by atomic mass is 16.6. The SMILES string of the molecule is CC1(C)Cc2nc(Nc3cc4c([C@](C)(N=[N+]=[N-])C5CC5)cnc(OC5CC5)c4cn3)ccc2C(=O)O1. The lowest BCUT2D eigenvalue weighted by molar-refractivity contribution is -0.00714. The number of nitrogens with one attached hydrogen (secondary N) is 1. The van der Waals surface area contributed by atoms with Crippen molar-refractivity contribution in [2.45, 2.75) is 70.1 Å². The normalized spacial score (nSPS) is 20.0. The van der Waals surface area contributed by atoms with Crippen molar-refractivity contribution in [2.75, 3.05) is 5.32 Å². The molecular weight excluding hydrogens is 458 g/mol. The Labute approximate surface area is 208 Å². The van der Waals surface area contributed by atoms with Gasteiger partial charge in [0.2, 0.25) is 5.88 Å². The number of carbonyl (C=O) groups excluding carboxylic acids is 1. The summed E-state index contributed by atoms with van der Waals surface area (Å²) in [5.41, 5.74) is 10.1. The van der Waals surface area contributed by atoms with E-state index in [1.165, 1.54) is 0 Å². The lowest BCUT2D eigenvalue weighted by atomic mass is 9.86. The van der Waals surface area contributed by atoms with Crippen LogP contribution in [0.3, 0.4) is 0 Å². The van der Waals surface area contributed by atoms with E-state index in [-0.39, 0.29) is 18.0 Å². The molecular formula is C26H27N7O3. The number of pyridine rings is 3. The Morgan fingerprint density at radius 1 is 1.17 bits per heavy atom. The van der Waals surface area contributed by atoms with Crippen LogP contribution in [0.15, 0.2) is 35.7 Å². The number of anilines is 2. The minimum Gasteiger partial charge on any atom is -0.474 e. The Morgan fingerprint density at radius 3 is 2.69 bits per heavy atom. The number of fused-ring (bicyclic) bond motifs is 2. The highest BCUT2D eigenvalue weighted by Crippen LogP contribution is 2.50. The molecule has 0 amide bonds. The summed E-state index contributed by atoms with van der Waals surface area (Å²) < 4.78 is 11.5. The van der Waals surface area contributed by atoms with Gasteiger partial charge < -0.3 is 14.8 Å². The third-order valence-corrected chi connectivity index (χ3v) is 7.12. The first-order valence-corrected chi connectivity index (χ1v) is 12.3. The zero-order valence-corrected chi connectivity index (χ0v) is 20.5. The number of azide groups is 1. The van der Waals surface area contributed by atoms with Crippen LogP contribution in [0, 0.1) is 5.92 Å². The van der Waals surface area contributed by atoms with Gasteiger partial charge in [0.15, 0.2) is 0 Å². The summed E-state index contributed by atoms with van der Waals surface area (Å²) >= 11 is 0. The van der Waals surface area contributed by atoms with Gasteiger partial charge in [-0.15, -0.1) is 0 Å². The van der Waals surface area contributed by atoms with Gasteiger partial charge in [-0.05, 0) is 87.1 Å². The van der Waals surface area contributed by atoms with Crippen molar-refractivity contribution in [3.8, 4) is 5.88 Å². The molecule has 0 radical (unpaired) electrons. The van der Waals surface area contributed by atoms with Gasteiger partial charge in [-0.3, -0.25) is 0 Å². The van der Waals surface area contributed by atoms with E-state index in [0.717, 1.165) is 42.0 Å². The number of cyclic esters (lactones) is 1. The summed E-state index contributed by atoms with van der Waals surface area (Å²) in [6, 6.07) is 5.40. The van der Waals surface area contributed by atoms with E-state index in [2.05, 4.69) is 30.3 Å². The average Bonchev–Trinajstić information content (AvgIpc) is 3.73. The van der Waals surface area contributed by atoms with E-state index < -0.39 is 11.1 Å². The molecule has 0 unspecified atom stereocenters. The van der Waals surface area contributed by atoms with Gasteiger partial charge in [0.25, 0.3) is 0 Å². The number of esters is 1. The predicted octanol–water partition coefficient (Wildman–Crippen LogP) is 5.74. The van der Waals surface area contributed by atoms with Gasteiger partial charge in [-0.1, -0.05) is 5.11 Å². The van der Waals surface area contributed by atoms with Gasteiger partial charge >= 0.3 is 5.97 Å². The standard InChI is InChI=1S/C26H27N7O3/c1-25(2)11-20-16(24(34)36-25)8-9-21(30-20)31-22-10-17-18(12-28-22)23(35-15-6-7-15)29-13-19(17)26(3,32-33-27)14-4-5-14/h8-10,12-15H,4-7,11H2,1-3H3,(H,28,30,31)/t26-/m1/s1. The van der Waals surface area contributed by atoms with E-state index >= 15 is 0 Å². The minimum absolute atomic E-state index is 0.187. The van der Waals surface area contributed by atoms with Crippen LogP contribution in [0.25, 0.3) is 21.2 Å². The molecule has 1 aliphatic heterocycles. The molecule has 3 aromatic heterocycles. The molecule has 184 valence electrons. The summed E-state index contributed by atoms with van der Waals surface area (Å²) in [5.74, 6) is 1.61. The van der Waals surface area contributed by atoms with E-state index in [1.54, 1.807) is 24.5 Å². The largest absolute Gasteiger partial charge is 0.474 e. The summed E-state index contributed by atoms with van der Waals surface area (Å²) in [4.78, 5) is 29.4. The molecule has 6 rings (SSSR count). The molecule has 36 heavy (non-hydrogen) atoms. The molecule has 10 nitrogen and oxygen atoms in total. The lowest BCUT2D eigenvalue weighted by Crippen LogP contribution is -2.36. The number of ether oxygens (including phenoxy) is 2. The Balaban J connectivity index is 1.41. The molecule has 0 spiro atoms. The van der Waals surface area contributed by atoms with Gasteiger partial charge in [-0.2, -0.15) is 0 Å². The summed E-state index contributed by atoms with van der Waals surface area (Å²) in [7, 11) is 0. The Morgan fingerprint density at radius 2 is 1.97 bits per heavy atom. The number of rotatable bonds is 7. The van der Waals surface area contributed by atoms with Gasteiger partial charge in [-0.25, -0.2) is 19.7 Å². The van der Waals surface area contributed by atoms with Crippen LogP contribution >= 0.6 is 0 Å². The second-order valence-electron chi connectivity index (χ2n) is 10.7. The topological polar surface area (TPSA) is 135 Å². The molecule has 2 aliphatic carbocycles. The predicted molar refractivity (Wildman–Crippen MR) is 133 cm³/mol. The molecule has 0 bridgehead atoms. The molecule has 0 aromatic carbocycles. The monoisotopic (exact) mass is 485 g/mol. The molecule has 4 heterocycles. The third-order valence-electron chi connectivity index (χ3n) is 7.12. The first kappa shape index (κ1) is 22.5. The van der Waals surface area contributed by atoms with E-state index in [0.29, 0.717) is 35.2 Å². The summed E-state index contributed by atoms with van der Waals surface area (Å²) in [6.45, 7) is 5.72. The smallest absolute Gasteiger partial charge is 0.340 e.